The SMILES string of the molecule is CCCc1cn(CC[C@@H]2CC[C@H](NC(=O)CCN3CCCCC3)[C@@H](CO)O2)nn1. The van der Waals surface area contributed by atoms with Crippen LogP contribution in [0.3, 0.4) is 0 Å². The van der Waals surface area contributed by atoms with Gasteiger partial charge in [-0.1, -0.05) is 25.0 Å². The number of amides is 1. The van der Waals surface area contributed by atoms with Crippen LogP contribution in [0.4, 0.5) is 0 Å². The molecule has 3 heterocycles. The summed E-state index contributed by atoms with van der Waals surface area (Å²) >= 11 is 0. The number of nitrogens with zero attached hydrogens (tertiary/aromatic N) is 4. The van der Waals surface area contributed by atoms with E-state index in [9.17, 15) is 9.90 Å². The molecular weight excluding hydrogens is 370 g/mol. The summed E-state index contributed by atoms with van der Waals surface area (Å²) < 4.78 is 7.95. The minimum Gasteiger partial charge on any atom is -0.394 e. The van der Waals surface area contributed by atoms with Crippen molar-refractivity contribution in [1.82, 2.24) is 25.2 Å². The summed E-state index contributed by atoms with van der Waals surface area (Å²) in [5.41, 5.74) is 1.03. The fourth-order valence-corrected chi connectivity index (χ4v) is 4.33. The zero-order valence-electron chi connectivity index (χ0n) is 17.8. The molecule has 0 radical (unpaired) electrons. The summed E-state index contributed by atoms with van der Waals surface area (Å²) in [6.45, 7) is 5.85. The van der Waals surface area contributed by atoms with Crippen LogP contribution >= 0.6 is 0 Å². The summed E-state index contributed by atoms with van der Waals surface area (Å²) in [4.78, 5) is 14.7. The smallest absolute Gasteiger partial charge is 0.221 e. The van der Waals surface area contributed by atoms with Crippen molar-refractivity contribution in [2.75, 3.05) is 26.2 Å². The lowest BCUT2D eigenvalue weighted by atomic mass is 9.97. The van der Waals surface area contributed by atoms with Gasteiger partial charge in [0, 0.05) is 25.7 Å². The summed E-state index contributed by atoms with van der Waals surface area (Å²) in [7, 11) is 0. The quantitative estimate of drug-likeness (QED) is 0.611. The van der Waals surface area contributed by atoms with Gasteiger partial charge < -0.3 is 20.1 Å². The highest BCUT2D eigenvalue weighted by Crippen LogP contribution is 2.22. The molecule has 29 heavy (non-hydrogen) atoms. The van der Waals surface area contributed by atoms with Crippen LogP contribution in [0, 0.1) is 0 Å². The first-order valence-electron chi connectivity index (χ1n) is 11.3. The van der Waals surface area contributed by atoms with Crippen LogP contribution in [0.15, 0.2) is 6.20 Å². The minimum absolute atomic E-state index is 0.0622. The highest BCUT2D eigenvalue weighted by Gasteiger charge is 2.31. The maximum Gasteiger partial charge on any atom is 0.221 e. The third-order valence-electron chi connectivity index (χ3n) is 6.02. The van der Waals surface area contributed by atoms with Crippen molar-refractivity contribution in [2.45, 2.75) is 89.5 Å². The van der Waals surface area contributed by atoms with Gasteiger partial charge in [-0.15, -0.1) is 5.10 Å². The molecule has 1 amide bonds. The zero-order chi connectivity index (χ0) is 20.5. The van der Waals surface area contributed by atoms with Crippen LogP contribution in [0.25, 0.3) is 0 Å². The number of hydrogen-bond acceptors (Lipinski definition) is 6. The number of aliphatic hydroxyl groups excluding tert-OH is 1. The van der Waals surface area contributed by atoms with Crippen molar-refractivity contribution in [3.8, 4) is 0 Å². The van der Waals surface area contributed by atoms with Crippen LogP contribution in [0.1, 0.15) is 64.0 Å². The molecular formula is C21H37N5O3. The number of piperidine rings is 1. The molecule has 8 nitrogen and oxygen atoms in total. The first-order chi connectivity index (χ1) is 14.2. The predicted octanol–water partition coefficient (Wildman–Crippen LogP) is 1.52. The van der Waals surface area contributed by atoms with Crippen molar-refractivity contribution in [1.29, 1.82) is 0 Å². The van der Waals surface area contributed by atoms with Gasteiger partial charge in [0.05, 0.1) is 24.4 Å². The Bertz CT molecular complexity index is 617. The van der Waals surface area contributed by atoms with Crippen molar-refractivity contribution in [3.63, 3.8) is 0 Å². The Hall–Kier alpha value is -1.51. The predicted molar refractivity (Wildman–Crippen MR) is 110 cm³/mol. The van der Waals surface area contributed by atoms with Gasteiger partial charge in [-0.05, 0) is 51.6 Å². The molecule has 1 aromatic rings. The molecule has 2 N–H and O–H groups in total. The second-order valence-electron chi connectivity index (χ2n) is 8.39. The Labute approximate surface area is 174 Å². The lowest BCUT2D eigenvalue weighted by Gasteiger charge is -2.36. The Kier molecular flexibility index (Phi) is 8.89. The van der Waals surface area contributed by atoms with E-state index in [0.29, 0.717) is 6.42 Å². The number of carbonyl (C=O) groups is 1. The van der Waals surface area contributed by atoms with Crippen LogP contribution in [-0.2, 0) is 22.5 Å². The molecule has 2 aliphatic rings. The number of likely N-dealkylation sites (tertiary alicyclic amines) is 1. The minimum atomic E-state index is -0.334. The molecule has 0 unspecified atom stereocenters. The summed E-state index contributed by atoms with van der Waals surface area (Å²) in [5, 5.41) is 21.2. The molecule has 2 saturated heterocycles. The Morgan fingerprint density at radius 3 is 2.86 bits per heavy atom. The topological polar surface area (TPSA) is 92.5 Å². The monoisotopic (exact) mass is 407 g/mol. The van der Waals surface area contributed by atoms with Gasteiger partial charge in [0.2, 0.25) is 5.91 Å². The molecule has 0 spiro atoms. The van der Waals surface area contributed by atoms with E-state index in [4.69, 9.17) is 4.74 Å². The van der Waals surface area contributed by atoms with Crippen molar-refractivity contribution in [2.24, 2.45) is 0 Å². The molecule has 3 rings (SSSR count). The van der Waals surface area contributed by atoms with E-state index in [-0.39, 0.29) is 30.8 Å². The average molecular weight is 408 g/mol. The van der Waals surface area contributed by atoms with Crippen LogP contribution < -0.4 is 5.32 Å². The molecule has 164 valence electrons. The van der Waals surface area contributed by atoms with E-state index in [1.165, 1.54) is 19.3 Å². The molecule has 8 heteroatoms. The van der Waals surface area contributed by atoms with Gasteiger partial charge in [-0.3, -0.25) is 9.48 Å². The van der Waals surface area contributed by atoms with E-state index in [1.54, 1.807) is 0 Å². The Balaban J connectivity index is 1.38. The number of rotatable bonds is 10. The molecule has 0 saturated carbocycles. The highest BCUT2D eigenvalue weighted by molar-refractivity contribution is 5.76. The third kappa shape index (κ3) is 7.04. The number of hydrogen-bond donors (Lipinski definition) is 2. The van der Waals surface area contributed by atoms with Crippen molar-refractivity contribution in [3.05, 3.63) is 11.9 Å². The fraction of sp³-hybridized carbons (Fsp3) is 0.857. The van der Waals surface area contributed by atoms with E-state index >= 15 is 0 Å². The second kappa shape index (κ2) is 11.6. The molecule has 0 bridgehead atoms. The number of aliphatic hydroxyl groups is 1. The maximum absolute atomic E-state index is 12.4. The average Bonchev–Trinajstić information content (AvgIpc) is 3.20. The van der Waals surface area contributed by atoms with Gasteiger partial charge in [0.1, 0.15) is 6.10 Å². The lowest BCUT2D eigenvalue weighted by molar-refractivity contribution is -0.129. The van der Waals surface area contributed by atoms with Crippen LogP contribution in [-0.4, -0.2) is 75.4 Å². The first kappa shape index (κ1) is 22.2. The summed E-state index contributed by atoms with van der Waals surface area (Å²) in [6.07, 6.45) is 10.6. The highest BCUT2D eigenvalue weighted by atomic mass is 16.5. The molecule has 2 aliphatic heterocycles. The third-order valence-corrected chi connectivity index (χ3v) is 6.02. The largest absolute Gasteiger partial charge is 0.394 e. The first-order valence-corrected chi connectivity index (χ1v) is 11.3. The van der Waals surface area contributed by atoms with Gasteiger partial charge in [-0.2, -0.15) is 0 Å². The van der Waals surface area contributed by atoms with E-state index in [1.807, 2.05) is 10.9 Å². The molecule has 0 aromatic carbocycles. The van der Waals surface area contributed by atoms with E-state index in [2.05, 4.69) is 27.5 Å². The zero-order valence-corrected chi connectivity index (χ0v) is 17.8. The van der Waals surface area contributed by atoms with Gasteiger partial charge >= 0.3 is 0 Å². The van der Waals surface area contributed by atoms with Crippen LogP contribution in [0.2, 0.25) is 0 Å². The maximum atomic E-state index is 12.4. The van der Waals surface area contributed by atoms with Gasteiger partial charge in [-0.25, -0.2) is 0 Å². The summed E-state index contributed by atoms with van der Waals surface area (Å²) in [6, 6.07) is -0.104. The number of ether oxygens (including phenoxy) is 1. The standard InChI is InChI=1S/C21H37N5O3/c1-2-6-17-15-26(24-23-17)14-9-18-7-8-19(20(16-27)29-18)22-21(28)10-13-25-11-4-3-5-12-25/h15,18-20,27H,2-14,16H2,1H3,(H,22,28)/t18-,19-,20+/m0/s1. The van der Waals surface area contributed by atoms with Gasteiger partial charge in [0.25, 0.3) is 0 Å². The van der Waals surface area contributed by atoms with Crippen molar-refractivity contribution < 1.29 is 14.6 Å². The van der Waals surface area contributed by atoms with E-state index < -0.39 is 0 Å². The van der Waals surface area contributed by atoms with Gasteiger partial charge in [0.15, 0.2) is 0 Å². The van der Waals surface area contributed by atoms with Crippen LogP contribution in [0.5, 0.6) is 0 Å². The van der Waals surface area contributed by atoms with Crippen molar-refractivity contribution >= 4 is 5.91 Å². The molecule has 1 aromatic heterocycles. The number of aromatic nitrogens is 3. The number of aryl methyl sites for hydroxylation is 2. The molecule has 2 fully saturated rings. The Morgan fingerprint density at radius 1 is 1.28 bits per heavy atom. The molecule has 0 aliphatic carbocycles. The Morgan fingerprint density at radius 2 is 2.10 bits per heavy atom. The second-order valence-corrected chi connectivity index (χ2v) is 8.39. The lowest BCUT2D eigenvalue weighted by Crippen LogP contribution is -2.51. The normalized spacial score (nSPS) is 25.8. The fourth-order valence-electron chi connectivity index (χ4n) is 4.33. The van der Waals surface area contributed by atoms with E-state index in [0.717, 1.165) is 64.0 Å². The number of carbonyl (C=O) groups excluding carboxylic acids is 1. The number of nitrogens with one attached hydrogen (secondary N) is 1. The molecule has 3 atom stereocenters. The summed E-state index contributed by atoms with van der Waals surface area (Å²) in [5.74, 6) is 0.0622.